The molecule has 4 aromatic rings. The number of aromatic nitrogens is 3. The van der Waals surface area contributed by atoms with Gasteiger partial charge in [0.15, 0.2) is 17.0 Å². The topological polar surface area (TPSA) is 123 Å². The van der Waals surface area contributed by atoms with Crippen molar-refractivity contribution in [3.05, 3.63) is 75.6 Å². The van der Waals surface area contributed by atoms with Gasteiger partial charge in [0.05, 0.1) is 24.6 Å². The standard InChI is InChI=1S/C27H24N4O7/c1-2-35-27(34)19-13-18-23(28-22-7-3-4-10-30(22)26(18)33)31(14-17-6-5-11-36-17)24(19)29-25(32)16-8-9-20-21(12-16)38-15-37-20/h3-4,7-10,12-13,17H,2,5-6,11,14-15H2,1H3/t17-/m1/s1. The lowest BCUT2D eigenvalue weighted by Crippen LogP contribution is -2.35. The minimum Gasteiger partial charge on any atom is -0.462 e. The van der Waals surface area contributed by atoms with Gasteiger partial charge in [0.2, 0.25) is 6.79 Å². The molecule has 6 rings (SSSR count). The van der Waals surface area contributed by atoms with E-state index < -0.39 is 11.9 Å². The van der Waals surface area contributed by atoms with Gasteiger partial charge in [-0.3, -0.25) is 14.0 Å². The number of fused-ring (bicyclic) bond motifs is 3. The van der Waals surface area contributed by atoms with Crippen molar-refractivity contribution in [3.8, 4) is 11.5 Å². The summed E-state index contributed by atoms with van der Waals surface area (Å²) in [4.78, 5) is 49.1. The van der Waals surface area contributed by atoms with Gasteiger partial charge >= 0.3 is 5.97 Å². The summed E-state index contributed by atoms with van der Waals surface area (Å²) in [5, 5.41) is 0.198. The minimum absolute atomic E-state index is 0.0128. The molecule has 3 aromatic heterocycles. The summed E-state index contributed by atoms with van der Waals surface area (Å²) in [6.45, 7) is 2.69. The molecule has 1 atom stereocenters. The molecule has 0 bridgehead atoms. The summed E-state index contributed by atoms with van der Waals surface area (Å²) in [5.41, 5.74) is 0.637. The van der Waals surface area contributed by atoms with Crippen molar-refractivity contribution in [2.75, 3.05) is 20.0 Å². The summed E-state index contributed by atoms with van der Waals surface area (Å²) in [6.07, 6.45) is 3.06. The maximum absolute atomic E-state index is 13.5. The average molecular weight is 517 g/mol. The molecule has 1 saturated heterocycles. The molecule has 1 amide bonds. The van der Waals surface area contributed by atoms with Crippen LogP contribution in [0.15, 0.2) is 58.4 Å². The van der Waals surface area contributed by atoms with E-state index in [1.807, 2.05) is 0 Å². The van der Waals surface area contributed by atoms with E-state index in [1.54, 1.807) is 54.1 Å². The molecule has 38 heavy (non-hydrogen) atoms. The molecular weight excluding hydrogens is 492 g/mol. The van der Waals surface area contributed by atoms with Crippen LogP contribution in [0.2, 0.25) is 0 Å². The fraction of sp³-hybridized carbons (Fsp3) is 0.296. The van der Waals surface area contributed by atoms with Gasteiger partial charge < -0.3 is 23.5 Å². The number of ether oxygens (including phenoxy) is 4. The predicted octanol–water partition coefficient (Wildman–Crippen LogP) is 2.47. The fourth-order valence-corrected chi connectivity index (χ4v) is 4.71. The van der Waals surface area contributed by atoms with Crippen molar-refractivity contribution < 1.29 is 28.5 Å². The number of benzene rings is 1. The predicted molar refractivity (Wildman–Crippen MR) is 134 cm³/mol. The van der Waals surface area contributed by atoms with E-state index in [1.165, 1.54) is 10.5 Å². The van der Waals surface area contributed by atoms with Gasteiger partial charge in [-0.1, -0.05) is 6.07 Å². The van der Waals surface area contributed by atoms with Gasteiger partial charge in [-0.05, 0) is 56.2 Å². The first-order valence-electron chi connectivity index (χ1n) is 12.4. The molecule has 0 aliphatic carbocycles. The van der Waals surface area contributed by atoms with Crippen LogP contribution >= 0.6 is 0 Å². The lowest BCUT2D eigenvalue weighted by molar-refractivity contribution is 0.0521. The Labute approximate surface area is 215 Å². The Hall–Kier alpha value is -4.51. The summed E-state index contributed by atoms with van der Waals surface area (Å²) in [6, 6.07) is 11.4. The lowest BCUT2D eigenvalue weighted by atomic mass is 10.1. The maximum Gasteiger partial charge on any atom is 0.341 e. The third-order valence-electron chi connectivity index (χ3n) is 6.52. The smallest absolute Gasteiger partial charge is 0.341 e. The van der Waals surface area contributed by atoms with Crippen molar-refractivity contribution >= 4 is 28.6 Å². The largest absolute Gasteiger partial charge is 0.462 e. The average Bonchev–Trinajstić information content (AvgIpc) is 3.62. The second kappa shape index (κ2) is 9.75. The molecule has 2 aliphatic heterocycles. The molecule has 0 spiro atoms. The third kappa shape index (κ3) is 4.20. The lowest BCUT2D eigenvalue weighted by Gasteiger charge is -2.18. The highest BCUT2D eigenvalue weighted by Gasteiger charge is 2.24. The van der Waals surface area contributed by atoms with Gasteiger partial charge in [0.1, 0.15) is 16.9 Å². The number of pyridine rings is 2. The van der Waals surface area contributed by atoms with E-state index in [0.717, 1.165) is 12.8 Å². The van der Waals surface area contributed by atoms with Crippen LogP contribution in [0.3, 0.4) is 0 Å². The van der Waals surface area contributed by atoms with E-state index in [9.17, 15) is 14.4 Å². The highest BCUT2D eigenvalue weighted by atomic mass is 16.7. The molecular formula is C27H24N4O7. The summed E-state index contributed by atoms with van der Waals surface area (Å²) in [7, 11) is 0. The number of amides is 1. The number of carbonyl (C=O) groups is 2. The molecule has 0 radical (unpaired) electrons. The Bertz CT molecular complexity index is 1720. The molecule has 194 valence electrons. The summed E-state index contributed by atoms with van der Waals surface area (Å²) in [5.74, 6) is -0.342. The number of rotatable bonds is 5. The normalized spacial score (nSPS) is 16.9. The minimum atomic E-state index is -0.703. The highest BCUT2D eigenvalue weighted by molar-refractivity contribution is 5.97. The van der Waals surface area contributed by atoms with Crippen LogP contribution in [0.5, 0.6) is 11.5 Å². The number of nitrogens with zero attached hydrogens (tertiary/aromatic N) is 4. The van der Waals surface area contributed by atoms with E-state index in [0.29, 0.717) is 29.4 Å². The van der Waals surface area contributed by atoms with Gasteiger partial charge in [-0.15, -0.1) is 0 Å². The molecule has 1 aromatic carbocycles. The number of esters is 1. The first-order chi connectivity index (χ1) is 18.5. The molecule has 11 nitrogen and oxygen atoms in total. The Morgan fingerprint density at radius 2 is 2.03 bits per heavy atom. The van der Waals surface area contributed by atoms with E-state index in [-0.39, 0.29) is 53.6 Å². The molecule has 1 fully saturated rings. The molecule has 0 N–H and O–H groups in total. The van der Waals surface area contributed by atoms with Crippen LogP contribution in [0.25, 0.3) is 16.7 Å². The quantitative estimate of drug-likeness (QED) is 0.293. The number of carbonyl (C=O) groups excluding carboxylic acids is 2. The van der Waals surface area contributed by atoms with Crippen LogP contribution in [0.1, 0.15) is 40.5 Å². The van der Waals surface area contributed by atoms with E-state index in [2.05, 4.69) is 4.99 Å². The van der Waals surface area contributed by atoms with Crippen LogP contribution < -0.4 is 20.5 Å². The fourth-order valence-electron chi connectivity index (χ4n) is 4.71. The van der Waals surface area contributed by atoms with Gasteiger partial charge in [0, 0.05) is 18.4 Å². The first-order valence-corrected chi connectivity index (χ1v) is 12.4. The zero-order valence-corrected chi connectivity index (χ0v) is 20.6. The zero-order valence-electron chi connectivity index (χ0n) is 20.6. The van der Waals surface area contributed by atoms with Gasteiger partial charge in [0.25, 0.3) is 11.5 Å². The van der Waals surface area contributed by atoms with Gasteiger partial charge in [-0.25, -0.2) is 9.78 Å². The molecule has 5 heterocycles. The summed E-state index contributed by atoms with van der Waals surface area (Å²) < 4.78 is 24.9. The van der Waals surface area contributed by atoms with Crippen molar-refractivity contribution in [1.29, 1.82) is 0 Å². The Morgan fingerprint density at radius 1 is 1.16 bits per heavy atom. The second-order valence-electron chi connectivity index (χ2n) is 8.92. The Kier molecular flexibility index (Phi) is 6.12. The maximum atomic E-state index is 13.5. The molecule has 2 aliphatic rings. The van der Waals surface area contributed by atoms with Crippen LogP contribution in [0, 0.1) is 0 Å². The van der Waals surface area contributed by atoms with Crippen LogP contribution in [-0.4, -0.2) is 51.9 Å². The Morgan fingerprint density at radius 3 is 2.84 bits per heavy atom. The number of hydrogen-bond donors (Lipinski definition) is 0. The van der Waals surface area contributed by atoms with E-state index >= 15 is 0 Å². The highest BCUT2D eigenvalue weighted by Crippen LogP contribution is 2.32. The van der Waals surface area contributed by atoms with Crippen molar-refractivity contribution in [3.63, 3.8) is 0 Å². The summed E-state index contributed by atoms with van der Waals surface area (Å²) >= 11 is 0. The Balaban J connectivity index is 1.64. The third-order valence-corrected chi connectivity index (χ3v) is 6.52. The molecule has 0 saturated carbocycles. The van der Waals surface area contributed by atoms with Crippen LogP contribution in [0.4, 0.5) is 0 Å². The van der Waals surface area contributed by atoms with Gasteiger partial charge in [-0.2, -0.15) is 4.99 Å². The SMILES string of the molecule is CCOC(=O)c1cc2c(=O)n3ccccc3nc2n(C[C@H]2CCCO2)c1=NC(=O)c1ccc2c(c1)OCO2. The monoisotopic (exact) mass is 516 g/mol. The van der Waals surface area contributed by atoms with Crippen LogP contribution in [-0.2, 0) is 16.0 Å². The number of hydrogen-bond acceptors (Lipinski definition) is 8. The van der Waals surface area contributed by atoms with Crippen molar-refractivity contribution in [2.24, 2.45) is 4.99 Å². The molecule has 11 heteroatoms. The first kappa shape index (κ1) is 23.9. The van der Waals surface area contributed by atoms with Crippen molar-refractivity contribution in [1.82, 2.24) is 14.0 Å². The molecule has 0 unspecified atom stereocenters. The second-order valence-corrected chi connectivity index (χ2v) is 8.92. The van der Waals surface area contributed by atoms with Crippen molar-refractivity contribution in [2.45, 2.75) is 32.4 Å². The zero-order chi connectivity index (χ0) is 26.2. The van der Waals surface area contributed by atoms with E-state index in [4.69, 9.17) is 23.9 Å².